The highest BCUT2D eigenvalue weighted by Gasteiger charge is 2.14. The Labute approximate surface area is 135 Å². The van der Waals surface area contributed by atoms with Crippen LogP contribution in [0.4, 0.5) is 0 Å². The number of carbonyl (C=O) groups is 1. The number of H-pyrrole nitrogens is 1. The minimum absolute atomic E-state index is 0.0665. The van der Waals surface area contributed by atoms with Gasteiger partial charge in [0.15, 0.2) is 0 Å². The van der Waals surface area contributed by atoms with E-state index in [1.54, 1.807) is 18.2 Å². The SMILES string of the molecule is CC(C)[C@H](CO)NC(=O)CCCc1nc2ccccc2c(=O)[nH]1. The lowest BCUT2D eigenvalue weighted by Crippen LogP contribution is -2.41. The van der Waals surface area contributed by atoms with Gasteiger partial charge < -0.3 is 15.4 Å². The number of fused-ring (bicyclic) bond motifs is 1. The summed E-state index contributed by atoms with van der Waals surface area (Å²) >= 11 is 0. The molecule has 0 saturated heterocycles. The molecule has 0 fully saturated rings. The number of carbonyl (C=O) groups excluding carboxylic acids is 1. The van der Waals surface area contributed by atoms with Gasteiger partial charge in [0.2, 0.25) is 5.91 Å². The van der Waals surface area contributed by atoms with E-state index in [1.165, 1.54) is 0 Å². The van der Waals surface area contributed by atoms with E-state index >= 15 is 0 Å². The fourth-order valence-corrected chi connectivity index (χ4v) is 2.37. The maximum absolute atomic E-state index is 12.0. The molecular formula is C17H23N3O3. The van der Waals surface area contributed by atoms with Crippen LogP contribution in [0.1, 0.15) is 32.5 Å². The zero-order valence-corrected chi connectivity index (χ0v) is 13.5. The topological polar surface area (TPSA) is 95.1 Å². The second-order valence-electron chi connectivity index (χ2n) is 5.98. The minimum Gasteiger partial charge on any atom is -0.394 e. The van der Waals surface area contributed by atoms with Crippen molar-refractivity contribution in [3.63, 3.8) is 0 Å². The third-order valence-corrected chi connectivity index (χ3v) is 3.83. The summed E-state index contributed by atoms with van der Waals surface area (Å²) in [5.41, 5.74) is 0.506. The number of aryl methyl sites for hydroxylation is 1. The number of aromatic amines is 1. The molecule has 0 bridgehead atoms. The van der Waals surface area contributed by atoms with E-state index in [-0.39, 0.29) is 30.0 Å². The molecule has 0 radical (unpaired) electrons. The summed E-state index contributed by atoms with van der Waals surface area (Å²) in [5, 5.41) is 12.6. The average Bonchev–Trinajstić information content (AvgIpc) is 2.52. The molecule has 1 aromatic carbocycles. The zero-order chi connectivity index (χ0) is 16.8. The molecule has 0 unspecified atom stereocenters. The monoisotopic (exact) mass is 317 g/mol. The highest BCUT2D eigenvalue weighted by atomic mass is 16.3. The molecule has 1 aromatic heterocycles. The molecule has 6 heteroatoms. The van der Waals surface area contributed by atoms with Gasteiger partial charge in [-0.1, -0.05) is 26.0 Å². The lowest BCUT2D eigenvalue weighted by atomic mass is 10.1. The lowest BCUT2D eigenvalue weighted by molar-refractivity contribution is -0.122. The quantitative estimate of drug-likeness (QED) is 0.719. The molecule has 0 aliphatic carbocycles. The number of para-hydroxylation sites is 1. The summed E-state index contributed by atoms with van der Waals surface area (Å²) in [4.78, 5) is 31.0. The van der Waals surface area contributed by atoms with E-state index in [0.717, 1.165) is 0 Å². The summed E-state index contributed by atoms with van der Waals surface area (Å²) in [6, 6.07) is 6.96. The molecule has 0 saturated carbocycles. The van der Waals surface area contributed by atoms with E-state index in [1.807, 2.05) is 19.9 Å². The minimum atomic E-state index is -0.221. The van der Waals surface area contributed by atoms with Gasteiger partial charge in [-0.2, -0.15) is 0 Å². The number of nitrogens with one attached hydrogen (secondary N) is 2. The summed E-state index contributed by atoms with van der Waals surface area (Å²) in [5.74, 6) is 0.674. The van der Waals surface area contributed by atoms with Gasteiger partial charge in [0.05, 0.1) is 23.6 Å². The van der Waals surface area contributed by atoms with Crippen LogP contribution in [0, 0.1) is 5.92 Å². The Morgan fingerprint density at radius 3 is 2.78 bits per heavy atom. The maximum atomic E-state index is 12.0. The second-order valence-corrected chi connectivity index (χ2v) is 5.98. The Balaban J connectivity index is 1.91. The van der Waals surface area contributed by atoms with Crippen LogP contribution in [0.3, 0.4) is 0 Å². The number of benzene rings is 1. The molecule has 6 nitrogen and oxygen atoms in total. The van der Waals surface area contributed by atoms with Crippen molar-refractivity contribution in [2.45, 2.75) is 39.2 Å². The lowest BCUT2D eigenvalue weighted by Gasteiger charge is -2.19. The van der Waals surface area contributed by atoms with Crippen molar-refractivity contribution in [3.8, 4) is 0 Å². The maximum Gasteiger partial charge on any atom is 0.258 e. The Bertz CT molecular complexity index is 724. The molecule has 0 aliphatic rings. The number of hydrogen-bond acceptors (Lipinski definition) is 4. The molecule has 124 valence electrons. The third-order valence-electron chi connectivity index (χ3n) is 3.83. The Morgan fingerprint density at radius 1 is 1.35 bits per heavy atom. The number of rotatable bonds is 7. The fraction of sp³-hybridized carbons (Fsp3) is 0.471. The number of hydrogen-bond donors (Lipinski definition) is 3. The van der Waals surface area contributed by atoms with E-state index in [4.69, 9.17) is 0 Å². The summed E-state index contributed by atoms with van der Waals surface area (Å²) in [6.45, 7) is 3.83. The normalized spacial score (nSPS) is 12.5. The number of nitrogens with zero attached hydrogens (tertiary/aromatic N) is 1. The molecule has 1 amide bonds. The van der Waals surface area contributed by atoms with Crippen LogP contribution in [0.25, 0.3) is 10.9 Å². The number of aromatic nitrogens is 2. The molecule has 0 spiro atoms. The summed E-state index contributed by atoms with van der Waals surface area (Å²) in [7, 11) is 0. The average molecular weight is 317 g/mol. The first-order valence-corrected chi connectivity index (χ1v) is 7.89. The first kappa shape index (κ1) is 17.1. The molecule has 2 aromatic rings. The number of aliphatic hydroxyl groups is 1. The van der Waals surface area contributed by atoms with E-state index in [9.17, 15) is 14.7 Å². The molecule has 1 heterocycles. The number of aliphatic hydroxyl groups excluding tert-OH is 1. The van der Waals surface area contributed by atoms with Gasteiger partial charge in [0, 0.05) is 12.8 Å². The Morgan fingerprint density at radius 2 is 2.09 bits per heavy atom. The molecule has 2 rings (SSSR count). The van der Waals surface area contributed by atoms with Gasteiger partial charge >= 0.3 is 0 Å². The van der Waals surface area contributed by atoms with Crippen molar-refractivity contribution >= 4 is 16.8 Å². The van der Waals surface area contributed by atoms with Gasteiger partial charge in [-0.05, 0) is 24.5 Å². The molecule has 3 N–H and O–H groups in total. The Hall–Kier alpha value is -2.21. The summed E-state index contributed by atoms with van der Waals surface area (Å²) in [6.07, 6.45) is 1.45. The van der Waals surface area contributed by atoms with Crippen molar-refractivity contribution in [3.05, 3.63) is 40.4 Å². The van der Waals surface area contributed by atoms with Crippen LogP contribution < -0.4 is 10.9 Å². The predicted octanol–water partition coefficient (Wildman–Crippen LogP) is 1.38. The van der Waals surface area contributed by atoms with E-state index < -0.39 is 0 Å². The zero-order valence-electron chi connectivity index (χ0n) is 13.5. The van der Waals surface area contributed by atoms with Crippen molar-refractivity contribution in [1.82, 2.24) is 15.3 Å². The fourth-order valence-electron chi connectivity index (χ4n) is 2.37. The van der Waals surface area contributed by atoms with Crippen LogP contribution in [0.15, 0.2) is 29.1 Å². The Kier molecular flexibility index (Phi) is 5.87. The van der Waals surface area contributed by atoms with Crippen molar-refractivity contribution in [2.24, 2.45) is 5.92 Å². The molecular weight excluding hydrogens is 294 g/mol. The van der Waals surface area contributed by atoms with Gasteiger partial charge in [0.1, 0.15) is 5.82 Å². The largest absolute Gasteiger partial charge is 0.394 e. The molecule has 0 aliphatic heterocycles. The van der Waals surface area contributed by atoms with Gasteiger partial charge in [-0.15, -0.1) is 0 Å². The number of amides is 1. The van der Waals surface area contributed by atoms with Crippen LogP contribution in [-0.2, 0) is 11.2 Å². The third kappa shape index (κ3) is 4.63. The first-order chi connectivity index (χ1) is 11.0. The summed E-state index contributed by atoms with van der Waals surface area (Å²) < 4.78 is 0. The van der Waals surface area contributed by atoms with Crippen LogP contribution in [0.2, 0.25) is 0 Å². The van der Waals surface area contributed by atoms with Gasteiger partial charge in [0.25, 0.3) is 5.56 Å². The highest BCUT2D eigenvalue weighted by Crippen LogP contribution is 2.07. The van der Waals surface area contributed by atoms with Crippen molar-refractivity contribution in [2.75, 3.05) is 6.61 Å². The predicted molar refractivity (Wildman–Crippen MR) is 89.2 cm³/mol. The van der Waals surface area contributed by atoms with Crippen molar-refractivity contribution < 1.29 is 9.90 Å². The van der Waals surface area contributed by atoms with Crippen LogP contribution in [0.5, 0.6) is 0 Å². The second kappa shape index (κ2) is 7.87. The van der Waals surface area contributed by atoms with E-state index in [0.29, 0.717) is 36.0 Å². The van der Waals surface area contributed by atoms with Crippen LogP contribution >= 0.6 is 0 Å². The van der Waals surface area contributed by atoms with Crippen LogP contribution in [-0.4, -0.2) is 33.6 Å². The van der Waals surface area contributed by atoms with Crippen molar-refractivity contribution in [1.29, 1.82) is 0 Å². The smallest absolute Gasteiger partial charge is 0.258 e. The van der Waals surface area contributed by atoms with Gasteiger partial charge in [-0.25, -0.2) is 4.98 Å². The standard InChI is InChI=1S/C17H23N3O3/c1-11(2)14(10-21)19-16(22)9-5-8-15-18-13-7-4-3-6-12(13)17(23)20-15/h3-4,6-7,11,14,21H,5,8-10H2,1-2H3,(H,19,22)(H,18,20,23)/t14-/m0/s1. The first-order valence-electron chi connectivity index (χ1n) is 7.89. The van der Waals surface area contributed by atoms with Gasteiger partial charge in [-0.3, -0.25) is 9.59 Å². The highest BCUT2D eigenvalue weighted by molar-refractivity contribution is 5.77. The van der Waals surface area contributed by atoms with E-state index in [2.05, 4.69) is 15.3 Å². The molecule has 1 atom stereocenters. The molecule has 23 heavy (non-hydrogen) atoms.